The third-order valence-corrected chi connectivity index (χ3v) is 2.96. The van der Waals surface area contributed by atoms with Crippen LogP contribution < -0.4 is 0 Å². The molecule has 0 fully saturated rings. The van der Waals surface area contributed by atoms with Gasteiger partial charge in [-0.05, 0) is 37.0 Å². The van der Waals surface area contributed by atoms with Gasteiger partial charge in [-0.25, -0.2) is 0 Å². The maximum Gasteiger partial charge on any atom is 0.306 e. The van der Waals surface area contributed by atoms with Crippen LogP contribution in [-0.4, -0.2) is 24.3 Å². The molecule has 1 atom stereocenters. The fourth-order valence-electron chi connectivity index (χ4n) is 1.69. The largest absolute Gasteiger partial charge is 0.481 e. The Morgan fingerprint density at radius 2 is 2.00 bits per heavy atom. The van der Waals surface area contributed by atoms with Crippen molar-refractivity contribution in [2.45, 2.75) is 26.2 Å². The first-order valence-corrected chi connectivity index (χ1v) is 6.56. The van der Waals surface area contributed by atoms with Crippen LogP contribution in [0.1, 0.15) is 25.3 Å². The number of aliphatic carboxylic acids is 1. The van der Waals surface area contributed by atoms with Crippen molar-refractivity contribution in [3.8, 4) is 0 Å². The summed E-state index contributed by atoms with van der Waals surface area (Å²) in [6.45, 7) is 3.22. The predicted molar refractivity (Wildman–Crippen MR) is 72.0 cm³/mol. The van der Waals surface area contributed by atoms with Gasteiger partial charge in [0.25, 0.3) is 0 Å². The van der Waals surface area contributed by atoms with Gasteiger partial charge >= 0.3 is 5.97 Å². The topological polar surface area (TPSA) is 46.5 Å². The van der Waals surface area contributed by atoms with E-state index in [1.807, 2.05) is 19.1 Å². The van der Waals surface area contributed by atoms with E-state index in [1.165, 1.54) is 0 Å². The number of hydrogen-bond donors (Lipinski definition) is 1. The fourth-order valence-corrected chi connectivity index (χ4v) is 1.82. The lowest BCUT2D eigenvalue weighted by Crippen LogP contribution is -2.18. The van der Waals surface area contributed by atoms with Gasteiger partial charge in [0.05, 0.1) is 5.92 Å². The van der Waals surface area contributed by atoms with Crippen molar-refractivity contribution in [2.75, 3.05) is 13.2 Å². The molecule has 0 amide bonds. The zero-order valence-corrected chi connectivity index (χ0v) is 11.3. The molecule has 1 aromatic rings. The van der Waals surface area contributed by atoms with Gasteiger partial charge in [-0.15, -0.1) is 0 Å². The van der Waals surface area contributed by atoms with E-state index in [0.717, 1.165) is 12.0 Å². The second kappa shape index (κ2) is 8.11. The summed E-state index contributed by atoms with van der Waals surface area (Å²) >= 11 is 5.79. The molecule has 0 aliphatic heterocycles. The lowest BCUT2D eigenvalue weighted by atomic mass is 9.97. The summed E-state index contributed by atoms with van der Waals surface area (Å²) in [5, 5.41) is 9.83. The van der Waals surface area contributed by atoms with Crippen LogP contribution in [0.15, 0.2) is 24.3 Å². The minimum absolute atomic E-state index is 0.400. The lowest BCUT2D eigenvalue weighted by molar-refractivity contribution is -0.142. The van der Waals surface area contributed by atoms with Gasteiger partial charge < -0.3 is 9.84 Å². The van der Waals surface area contributed by atoms with Crippen molar-refractivity contribution in [3.05, 3.63) is 34.9 Å². The van der Waals surface area contributed by atoms with Gasteiger partial charge in [0, 0.05) is 18.2 Å². The van der Waals surface area contributed by atoms with Crippen molar-refractivity contribution >= 4 is 17.6 Å². The molecule has 1 aromatic carbocycles. The smallest absolute Gasteiger partial charge is 0.306 e. The van der Waals surface area contributed by atoms with Gasteiger partial charge in [0.1, 0.15) is 0 Å². The molecule has 0 aliphatic rings. The van der Waals surface area contributed by atoms with Gasteiger partial charge in [0.2, 0.25) is 0 Å². The Hall–Kier alpha value is -1.06. The number of carboxylic acids is 1. The van der Waals surface area contributed by atoms with E-state index >= 15 is 0 Å². The zero-order chi connectivity index (χ0) is 13.4. The number of rotatable bonds is 8. The van der Waals surface area contributed by atoms with E-state index in [9.17, 15) is 4.79 Å². The highest BCUT2D eigenvalue weighted by Crippen LogP contribution is 2.16. The molecule has 18 heavy (non-hydrogen) atoms. The highest BCUT2D eigenvalue weighted by Gasteiger charge is 2.17. The van der Waals surface area contributed by atoms with E-state index in [2.05, 4.69) is 0 Å². The van der Waals surface area contributed by atoms with E-state index < -0.39 is 11.9 Å². The third kappa shape index (κ3) is 5.52. The summed E-state index contributed by atoms with van der Waals surface area (Å²) in [6.07, 6.45) is 2.01. The van der Waals surface area contributed by atoms with Gasteiger partial charge in [-0.1, -0.05) is 30.7 Å². The molecule has 0 radical (unpaired) electrons. The quantitative estimate of drug-likeness (QED) is 0.737. The molecule has 0 aromatic heterocycles. The molecular weight excluding hydrogens is 252 g/mol. The van der Waals surface area contributed by atoms with Gasteiger partial charge in [-0.2, -0.15) is 0 Å². The number of hydrogen-bond acceptors (Lipinski definition) is 2. The van der Waals surface area contributed by atoms with Crippen LogP contribution in [0.4, 0.5) is 0 Å². The van der Waals surface area contributed by atoms with E-state index in [1.54, 1.807) is 12.1 Å². The normalized spacial score (nSPS) is 12.3. The molecule has 0 heterocycles. The zero-order valence-electron chi connectivity index (χ0n) is 10.6. The average molecular weight is 271 g/mol. The summed E-state index contributed by atoms with van der Waals surface area (Å²) in [5.41, 5.74) is 0.988. The number of halogens is 1. The van der Waals surface area contributed by atoms with Crippen molar-refractivity contribution in [3.63, 3.8) is 0 Å². The summed E-state index contributed by atoms with van der Waals surface area (Å²) < 4.78 is 5.34. The SMILES string of the molecule is CCCOCCC(Cc1ccc(Cl)cc1)C(=O)O. The van der Waals surface area contributed by atoms with Crippen molar-refractivity contribution in [1.82, 2.24) is 0 Å². The molecule has 3 nitrogen and oxygen atoms in total. The second-order valence-corrected chi connectivity index (χ2v) is 4.70. The predicted octanol–water partition coefficient (Wildman–Crippen LogP) is 3.40. The first-order valence-electron chi connectivity index (χ1n) is 6.18. The Balaban J connectivity index is 2.47. The number of benzene rings is 1. The standard InChI is InChI=1S/C14H19ClO3/c1-2-8-18-9-7-12(14(16)17)10-11-3-5-13(15)6-4-11/h3-6,12H,2,7-10H2,1H3,(H,16,17). The van der Waals surface area contributed by atoms with Crippen LogP contribution in [-0.2, 0) is 16.0 Å². The van der Waals surface area contributed by atoms with Crippen LogP contribution in [0.5, 0.6) is 0 Å². The van der Waals surface area contributed by atoms with Crippen molar-refractivity contribution in [2.24, 2.45) is 5.92 Å². The maximum absolute atomic E-state index is 11.2. The van der Waals surface area contributed by atoms with Crippen molar-refractivity contribution < 1.29 is 14.6 Å². The van der Waals surface area contributed by atoms with Crippen LogP contribution >= 0.6 is 11.6 Å². The first-order chi connectivity index (χ1) is 8.63. The lowest BCUT2D eigenvalue weighted by Gasteiger charge is -2.12. The molecule has 0 saturated heterocycles. The number of ether oxygens (including phenoxy) is 1. The van der Waals surface area contributed by atoms with Gasteiger partial charge in [0.15, 0.2) is 0 Å². The van der Waals surface area contributed by atoms with Crippen LogP contribution in [0.2, 0.25) is 5.02 Å². The van der Waals surface area contributed by atoms with Crippen LogP contribution in [0.3, 0.4) is 0 Å². The second-order valence-electron chi connectivity index (χ2n) is 4.27. The molecule has 100 valence electrons. The molecule has 1 N–H and O–H groups in total. The molecule has 0 aliphatic carbocycles. The van der Waals surface area contributed by atoms with Crippen LogP contribution in [0.25, 0.3) is 0 Å². The molecule has 0 bridgehead atoms. The Morgan fingerprint density at radius 3 is 2.56 bits per heavy atom. The molecule has 1 rings (SSSR count). The fraction of sp³-hybridized carbons (Fsp3) is 0.500. The summed E-state index contributed by atoms with van der Waals surface area (Å²) in [5.74, 6) is -1.17. The number of carboxylic acid groups (broad SMARTS) is 1. The molecule has 0 saturated carbocycles. The highest BCUT2D eigenvalue weighted by atomic mass is 35.5. The van der Waals surface area contributed by atoms with E-state index in [0.29, 0.717) is 31.1 Å². The summed E-state index contributed by atoms with van der Waals surface area (Å²) in [4.78, 5) is 11.2. The Bertz CT molecular complexity index is 362. The minimum Gasteiger partial charge on any atom is -0.481 e. The monoisotopic (exact) mass is 270 g/mol. The Kier molecular flexibility index (Phi) is 6.76. The Labute approximate surface area is 113 Å². The molecular formula is C14H19ClO3. The van der Waals surface area contributed by atoms with E-state index in [-0.39, 0.29) is 0 Å². The highest BCUT2D eigenvalue weighted by molar-refractivity contribution is 6.30. The molecule has 4 heteroatoms. The summed E-state index contributed by atoms with van der Waals surface area (Å²) in [6, 6.07) is 7.29. The molecule has 1 unspecified atom stereocenters. The molecule has 0 spiro atoms. The van der Waals surface area contributed by atoms with Crippen molar-refractivity contribution in [1.29, 1.82) is 0 Å². The average Bonchev–Trinajstić information content (AvgIpc) is 2.35. The maximum atomic E-state index is 11.2. The van der Waals surface area contributed by atoms with E-state index in [4.69, 9.17) is 21.4 Å². The summed E-state index contributed by atoms with van der Waals surface area (Å²) in [7, 11) is 0. The first kappa shape index (κ1) is 15.0. The van der Waals surface area contributed by atoms with Gasteiger partial charge in [-0.3, -0.25) is 4.79 Å². The number of carbonyl (C=O) groups is 1. The third-order valence-electron chi connectivity index (χ3n) is 2.70. The minimum atomic E-state index is -0.773. The Morgan fingerprint density at radius 1 is 1.33 bits per heavy atom. The van der Waals surface area contributed by atoms with Crippen LogP contribution in [0, 0.1) is 5.92 Å².